The van der Waals surface area contributed by atoms with Crippen LogP contribution in [0.2, 0.25) is 0 Å². The summed E-state index contributed by atoms with van der Waals surface area (Å²) in [7, 11) is -3.03. The van der Waals surface area contributed by atoms with Crippen molar-refractivity contribution in [2.24, 2.45) is 0 Å². The molecule has 86 valence electrons. The second kappa shape index (κ2) is 4.26. The average Bonchev–Trinajstić information content (AvgIpc) is 2.54. The molecule has 0 fully saturated rings. The summed E-state index contributed by atoms with van der Waals surface area (Å²) in [6.07, 6.45) is 3.67. The van der Waals surface area contributed by atoms with Crippen molar-refractivity contribution in [3.05, 3.63) is 24.5 Å². The summed E-state index contributed by atoms with van der Waals surface area (Å²) in [5.74, 6) is 0.147. The van der Waals surface area contributed by atoms with Gasteiger partial charge in [0.2, 0.25) is 0 Å². The van der Waals surface area contributed by atoms with E-state index in [1.165, 1.54) is 0 Å². The summed E-state index contributed by atoms with van der Waals surface area (Å²) in [5.41, 5.74) is 2.99. The number of nitrogens with one attached hydrogen (secondary N) is 1. The lowest BCUT2D eigenvalue weighted by Gasteiger charge is -2.19. The van der Waals surface area contributed by atoms with E-state index in [1.807, 2.05) is 24.5 Å². The van der Waals surface area contributed by atoms with Gasteiger partial charge in [-0.05, 0) is 32.9 Å². The fourth-order valence-corrected chi connectivity index (χ4v) is 2.03. The highest BCUT2D eigenvalue weighted by molar-refractivity contribution is 7.92. The Kier molecular flexibility index (Phi) is 3.44. The van der Waals surface area contributed by atoms with Gasteiger partial charge < -0.3 is 5.43 Å². The molecule has 0 amide bonds. The van der Waals surface area contributed by atoms with E-state index in [4.69, 9.17) is 0 Å². The van der Waals surface area contributed by atoms with Crippen LogP contribution in [-0.4, -0.2) is 30.1 Å². The first-order valence-electron chi connectivity index (χ1n) is 4.92. The lowest BCUT2D eigenvalue weighted by Crippen LogP contribution is -2.34. The molecule has 0 saturated carbocycles. The highest BCUT2D eigenvalue weighted by atomic mass is 32.2. The monoisotopic (exact) mass is 230 g/mol. The molecule has 15 heavy (non-hydrogen) atoms. The van der Waals surface area contributed by atoms with Crippen LogP contribution in [0.4, 0.5) is 0 Å². The third kappa shape index (κ3) is 3.27. The number of sulfone groups is 1. The summed E-state index contributed by atoms with van der Waals surface area (Å²) in [6.45, 7) is 5.59. The SMILES string of the molecule is CC(C)(C)S(=O)(=O)CCNn1cccc1. The van der Waals surface area contributed by atoms with Crippen molar-refractivity contribution < 1.29 is 8.42 Å². The van der Waals surface area contributed by atoms with Gasteiger partial charge in [0.15, 0.2) is 9.84 Å². The first kappa shape index (κ1) is 12.1. The van der Waals surface area contributed by atoms with E-state index >= 15 is 0 Å². The smallest absolute Gasteiger partial charge is 0.156 e. The zero-order valence-electron chi connectivity index (χ0n) is 9.40. The minimum absolute atomic E-state index is 0.147. The van der Waals surface area contributed by atoms with Gasteiger partial charge in [0.25, 0.3) is 0 Å². The first-order valence-corrected chi connectivity index (χ1v) is 6.57. The Balaban J connectivity index is 2.45. The van der Waals surface area contributed by atoms with Crippen LogP contribution in [0.5, 0.6) is 0 Å². The van der Waals surface area contributed by atoms with Crippen molar-refractivity contribution in [3.63, 3.8) is 0 Å². The molecule has 0 saturated heterocycles. The molecular formula is C10H18N2O2S. The zero-order valence-corrected chi connectivity index (χ0v) is 10.2. The van der Waals surface area contributed by atoms with Gasteiger partial charge in [-0.1, -0.05) is 0 Å². The van der Waals surface area contributed by atoms with E-state index in [1.54, 1.807) is 25.4 Å². The normalized spacial score (nSPS) is 12.7. The molecule has 0 unspecified atom stereocenters. The third-order valence-electron chi connectivity index (χ3n) is 2.20. The number of hydrogen-bond donors (Lipinski definition) is 1. The van der Waals surface area contributed by atoms with E-state index < -0.39 is 14.6 Å². The van der Waals surface area contributed by atoms with Crippen molar-refractivity contribution in [2.75, 3.05) is 17.7 Å². The Labute approximate surface area is 91.2 Å². The molecule has 1 aromatic heterocycles. The minimum Gasteiger partial charge on any atom is -0.325 e. The fraction of sp³-hybridized carbons (Fsp3) is 0.600. The van der Waals surface area contributed by atoms with Crippen LogP contribution in [-0.2, 0) is 9.84 Å². The predicted octanol–water partition coefficient (Wildman–Crippen LogP) is 1.24. The molecule has 0 aliphatic heterocycles. The van der Waals surface area contributed by atoms with E-state index in [-0.39, 0.29) is 5.75 Å². The van der Waals surface area contributed by atoms with Crippen LogP contribution < -0.4 is 5.43 Å². The van der Waals surface area contributed by atoms with Gasteiger partial charge in [0, 0.05) is 18.9 Å². The van der Waals surface area contributed by atoms with Crippen molar-refractivity contribution in [2.45, 2.75) is 25.5 Å². The van der Waals surface area contributed by atoms with Crippen LogP contribution in [0, 0.1) is 0 Å². The fourth-order valence-electron chi connectivity index (χ4n) is 1.06. The van der Waals surface area contributed by atoms with Crippen molar-refractivity contribution in [1.82, 2.24) is 4.68 Å². The highest BCUT2D eigenvalue weighted by Gasteiger charge is 2.28. The van der Waals surface area contributed by atoms with Crippen LogP contribution in [0.3, 0.4) is 0 Å². The van der Waals surface area contributed by atoms with Gasteiger partial charge in [-0.25, -0.2) is 8.42 Å². The third-order valence-corrected chi connectivity index (χ3v) is 4.81. The molecule has 1 aromatic rings. The maximum absolute atomic E-state index is 11.7. The Morgan fingerprint density at radius 1 is 1.20 bits per heavy atom. The molecule has 0 aliphatic rings. The van der Waals surface area contributed by atoms with Gasteiger partial charge in [-0.2, -0.15) is 0 Å². The maximum Gasteiger partial charge on any atom is 0.156 e. The largest absolute Gasteiger partial charge is 0.325 e. The number of rotatable bonds is 4. The topological polar surface area (TPSA) is 51.1 Å². The van der Waals surface area contributed by atoms with Gasteiger partial charge in [-0.15, -0.1) is 0 Å². The van der Waals surface area contributed by atoms with Crippen molar-refractivity contribution in [1.29, 1.82) is 0 Å². The molecule has 0 atom stereocenters. The molecule has 0 spiro atoms. The van der Waals surface area contributed by atoms with Crippen LogP contribution in [0.1, 0.15) is 20.8 Å². The molecule has 1 rings (SSSR count). The van der Waals surface area contributed by atoms with Crippen molar-refractivity contribution >= 4 is 9.84 Å². The van der Waals surface area contributed by atoms with E-state index in [0.717, 1.165) is 0 Å². The summed E-state index contributed by atoms with van der Waals surface area (Å²) < 4.78 is 24.5. The number of hydrogen-bond acceptors (Lipinski definition) is 3. The summed E-state index contributed by atoms with van der Waals surface area (Å²) in [5, 5.41) is 0. The molecule has 0 radical (unpaired) electrons. The highest BCUT2D eigenvalue weighted by Crippen LogP contribution is 2.15. The predicted molar refractivity (Wildman–Crippen MR) is 62.2 cm³/mol. The summed E-state index contributed by atoms with van der Waals surface area (Å²) >= 11 is 0. The lowest BCUT2D eigenvalue weighted by molar-refractivity contribution is 0.560. The number of aromatic nitrogens is 1. The van der Waals surface area contributed by atoms with Gasteiger partial charge in [-0.3, -0.25) is 4.68 Å². The summed E-state index contributed by atoms with van der Waals surface area (Å²) in [6, 6.07) is 3.76. The van der Waals surface area contributed by atoms with Crippen molar-refractivity contribution in [3.8, 4) is 0 Å². The zero-order chi connectivity index (χ0) is 11.5. The van der Waals surface area contributed by atoms with Gasteiger partial charge >= 0.3 is 0 Å². The Hall–Kier alpha value is -0.970. The van der Waals surface area contributed by atoms with Crippen LogP contribution in [0.15, 0.2) is 24.5 Å². The van der Waals surface area contributed by atoms with Crippen LogP contribution >= 0.6 is 0 Å². The molecule has 0 aromatic carbocycles. The second-order valence-corrected chi connectivity index (χ2v) is 7.29. The van der Waals surface area contributed by atoms with Crippen LogP contribution in [0.25, 0.3) is 0 Å². The lowest BCUT2D eigenvalue weighted by atomic mass is 10.3. The first-order chi connectivity index (χ1) is 6.83. The molecule has 0 aliphatic carbocycles. The maximum atomic E-state index is 11.7. The summed E-state index contributed by atoms with van der Waals surface area (Å²) in [4.78, 5) is 0. The van der Waals surface area contributed by atoms with E-state index in [9.17, 15) is 8.42 Å². The molecular weight excluding hydrogens is 212 g/mol. The molecule has 5 heteroatoms. The molecule has 4 nitrogen and oxygen atoms in total. The van der Waals surface area contributed by atoms with E-state index in [2.05, 4.69) is 5.43 Å². The van der Waals surface area contributed by atoms with Gasteiger partial charge in [0.05, 0.1) is 10.5 Å². The minimum atomic E-state index is -3.03. The Bertz CT molecular complexity index is 388. The molecule has 1 heterocycles. The second-order valence-electron chi connectivity index (χ2n) is 4.43. The Morgan fingerprint density at radius 3 is 2.20 bits per heavy atom. The quantitative estimate of drug-likeness (QED) is 0.847. The number of nitrogens with zero attached hydrogens (tertiary/aromatic N) is 1. The molecule has 0 bridgehead atoms. The standard InChI is InChI=1S/C10H18N2O2S/c1-10(2,3)15(13,14)9-6-11-12-7-4-5-8-12/h4-5,7-8,11H,6,9H2,1-3H3. The molecule has 1 N–H and O–H groups in total. The van der Waals surface area contributed by atoms with E-state index in [0.29, 0.717) is 6.54 Å². The average molecular weight is 230 g/mol. The van der Waals surface area contributed by atoms with Gasteiger partial charge in [0.1, 0.15) is 0 Å². The Morgan fingerprint density at radius 2 is 1.73 bits per heavy atom.